The fourth-order valence-corrected chi connectivity index (χ4v) is 3.66. The molecule has 1 saturated heterocycles. The van der Waals surface area contributed by atoms with Gasteiger partial charge in [0, 0.05) is 38.2 Å². The van der Waals surface area contributed by atoms with Gasteiger partial charge in [-0.1, -0.05) is 24.3 Å². The molecule has 2 aromatic rings. The number of hydrogen-bond acceptors (Lipinski definition) is 5. The summed E-state index contributed by atoms with van der Waals surface area (Å²) in [6.07, 6.45) is 6.02. The van der Waals surface area contributed by atoms with Gasteiger partial charge in [-0.25, -0.2) is 0 Å². The zero-order valence-corrected chi connectivity index (χ0v) is 18.2. The van der Waals surface area contributed by atoms with Gasteiger partial charge < -0.3 is 25.7 Å². The number of benzene rings is 2. The van der Waals surface area contributed by atoms with Gasteiger partial charge in [-0.2, -0.15) is 0 Å². The minimum Gasteiger partial charge on any atom is -0.508 e. The van der Waals surface area contributed by atoms with Crippen molar-refractivity contribution in [1.82, 2.24) is 15.5 Å². The first-order valence-electron chi connectivity index (χ1n) is 11.1. The van der Waals surface area contributed by atoms with Gasteiger partial charge in [-0.05, 0) is 67.3 Å². The molecule has 0 bridgehead atoms. The summed E-state index contributed by atoms with van der Waals surface area (Å²) >= 11 is 0. The van der Waals surface area contributed by atoms with Crippen LogP contribution < -0.4 is 10.6 Å². The molecule has 0 radical (unpaired) electrons. The van der Waals surface area contributed by atoms with E-state index in [2.05, 4.69) is 10.6 Å². The molecule has 1 fully saturated rings. The van der Waals surface area contributed by atoms with Crippen molar-refractivity contribution in [2.75, 3.05) is 26.2 Å². The topological polar surface area (TPSA) is 102 Å². The van der Waals surface area contributed by atoms with Crippen molar-refractivity contribution in [1.29, 1.82) is 0 Å². The Morgan fingerprint density at radius 1 is 0.906 bits per heavy atom. The van der Waals surface area contributed by atoms with Crippen LogP contribution in [0.1, 0.15) is 42.9 Å². The van der Waals surface area contributed by atoms with Crippen LogP contribution in [0.15, 0.2) is 54.6 Å². The Bertz CT molecular complexity index is 910. The molecular formula is C25H31N3O4. The smallest absolute Gasteiger partial charge is 0.246 e. The van der Waals surface area contributed by atoms with Gasteiger partial charge in [0.05, 0.1) is 0 Å². The highest BCUT2D eigenvalue weighted by atomic mass is 16.3. The number of carbonyl (C=O) groups is 2. The summed E-state index contributed by atoms with van der Waals surface area (Å²) in [4.78, 5) is 27.0. The molecule has 2 aromatic carbocycles. The third-order valence-electron chi connectivity index (χ3n) is 5.48. The van der Waals surface area contributed by atoms with Gasteiger partial charge in [-0.3, -0.25) is 9.59 Å². The monoisotopic (exact) mass is 437 g/mol. The molecule has 0 unspecified atom stereocenters. The molecule has 0 aliphatic carbocycles. The fourth-order valence-electron chi connectivity index (χ4n) is 3.66. The fraction of sp³-hybridized carbons (Fsp3) is 0.360. The van der Waals surface area contributed by atoms with E-state index in [0.29, 0.717) is 32.6 Å². The Hall–Kier alpha value is -3.32. The van der Waals surface area contributed by atoms with Crippen LogP contribution in [0.5, 0.6) is 11.5 Å². The first kappa shape index (κ1) is 23.3. The highest BCUT2D eigenvalue weighted by Crippen LogP contribution is 2.20. The van der Waals surface area contributed by atoms with Gasteiger partial charge >= 0.3 is 0 Å². The first-order chi connectivity index (χ1) is 15.5. The summed E-state index contributed by atoms with van der Waals surface area (Å²) < 4.78 is 0. The minimum atomic E-state index is -0.158. The third-order valence-corrected chi connectivity index (χ3v) is 5.48. The summed E-state index contributed by atoms with van der Waals surface area (Å²) in [7, 11) is 0. The number of phenolic OH excluding ortho intramolecular Hbond substituents is 2. The number of phenols is 2. The molecule has 0 aromatic heterocycles. The largest absolute Gasteiger partial charge is 0.508 e. The lowest BCUT2D eigenvalue weighted by molar-refractivity contribution is -0.126. The second-order valence-corrected chi connectivity index (χ2v) is 7.96. The van der Waals surface area contributed by atoms with E-state index in [9.17, 15) is 19.8 Å². The number of amides is 2. The van der Waals surface area contributed by atoms with Crippen LogP contribution in [0.4, 0.5) is 0 Å². The van der Waals surface area contributed by atoms with Crippen LogP contribution in [0.2, 0.25) is 0 Å². The Balaban J connectivity index is 1.62. The van der Waals surface area contributed by atoms with Gasteiger partial charge in [-0.15, -0.1) is 0 Å². The maximum Gasteiger partial charge on any atom is 0.246 e. The zero-order valence-electron chi connectivity index (χ0n) is 18.2. The Labute approximate surface area is 188 Å². The average molecular weight is 438 g/mol. The van der Waals surface area contributed by atoms with Crippen molar-refractivity contribution in [2.24, 2.45) is 0 Å². The molecular weight excluding hydrogens is 406 g/mol. The molecule has 170 valence electrons. The van der Waals surface area contributed by atoms with E-state index in [4.69, 9.17) is 0 Å². The van der Waals surface area contributed by atoms with Crippen LogP contribution in [0.3, 0.4) is 0 Å². The molecule has 3 rings (SSSR count). The average Bonchev–Trinajstić information content (AvgIpc) is 2.80. The second kappa shape index (κ2) is 11.9. The van der Waals surface area contributed by atoms with Crippen LogP contribution in [-0.4, -0.2) is 53.1 Å². The van der Waals surface area contributed by atoms with E-state index < -0.39 is 0 Å². The lowest BCUT2D eigenvalue weighted by Gasteiger charge is -2.22. The van der Waals surface area contributed by atoms with Crippen molar-refractivity contribution >= 4 is 17.9 Å². The van der Waals surface area contributed by atoms with Crippen LogP contribution >= 0.6 is 0 Å². The molecule has 1 heterocycles. The summed E-state index contributed by atoms with van der Waals surface area (Å²) in [5.41, 5.74) is 1.79. The van der Waals surface area contributed by atoms with Gasteiger partial charge in [0.2, 0.25) is 11.8 Å². The van der Waals surface area contributed by atoms with Crippen molar-refractivity contribution in [3.05, 3.63) is 65.7 Å². The van der Waals surface area contributed by atoms with Crippen molar-refractivity contribution in [3.63, 3.8) is 0 Å². The van der Waals surface area contributed by atoms with E-state index in [1.165, 1.54) is 0 Å². The molecule has 0 saturated carbocycles. The standard InChI is InChI=1S/C25H31N3O4/c29-21-9-4-19(5-10-21)6-13-25(32)28-16-2-1-14-27-24(31)18-23(26-15-3-17-28)20-7-11-22(30)12-8-20/h4-13,23,26,29-30H,1-3,14-18H2,(H,27,31)/b13-6-/t23-/m0/s1. The molecule has 4 N–H and O–H groups in total. The lowest BCUT2D eigenvalue weighted by Crippen LogP contribution is -2.34. The molecule has 0 spiro atoms. The normalized spacial score (nSPS) is 18.9. The number of nitrogens with one attached hydrogen (secondary N) is 2. The maximum absolute atomic E-state index is 12.8. The second-order valence-electron chi connectivity index (χ2n) is 7.96. The van der Waals surface area contributed by atoms with E-state index >= 15 is 0 Å². The van der Waals surface area contributed by atoms with Crippen molar-refractivity contribution in [3.8, 4) is 11.5 Å². The Morgan fingerprint density at radius 2 is 1.56 bits per heavy atom. The number of rotatable bonds is 3. The summed E-state index contributed by atoms with van der Waals surface area (Å²) in [6, 6.07) is 13.4. The molecule has 7 heteroatoms. The lowest BCUT2D eigenvalue weighted by atomic mass is 10.0. The first-order valence-corrected chi connectivity index (χ1v) is 11.1. The summed E-state index contributed by atoms with van der Waals surface area (Å²) in [6.45, 7) is 2.49. The molecule has 32 heavy (non-hydrogen) atoms. The summed E-state index contributed by atoms with van der Waals surface area (Å²) in [5, 5.41) is 25.3. The number of carbonyl (C=O) groups excluding carboxylic acids is 2. The van der Waals surface area contributed by atoms with E-state index in [1.54, 1.807) is 48.6 Å². The predicted octanol–water partition coefficient (Wildman–Crippen LogP) is 2.96. The van der Waals surface area contributed by atoms with Crippen LogP contribution in [0, 0.1) is 0 Å². The highest BCUT2D eigenvalue weighted by Gasteiger charge is 2.17. The van der Waals surface area contributed by atoms with Gasteiger partial charge in [0.1, 0.15) is 11.5 Å². The van der Waals surface area contributed by atoms with E-state index in [0.717, 1.165) is 30.4 Å². The molecule has 7 nitrogen and oxygen atoms in total. The van der Waals surface area contributed by atoms with Crippen LogP contribution in [-0.2, 0) is 9.59 Å². The van der Waals surface area contributed by atoms with Crippen molar-refractivity contribution in [2.45, 2.75) is 31.7 Å². The molecule has 2 amide bonds. The van der Waals surface area contributed by atoms with Crippen LogP contribution in [0.25, 0.3) is 6.08 Å². The molecule has 1 aliphatic rings. The number of nitrogens with zero attached hydrogens (tertiary/aromatic N) is 1. The zero-order chi connectivity index (χ0) is 22.8. The minimum absolute atomic E-state index is 0.0143. The van der Waals surface area contributed by atoms with E-state index in [-0.39, 0.29) is 29.4 Å². The number of aromatic hydroxyl groups is 2. The Morgan fingerprint density at radius 3 is 2.28 bits per heavy atom. The van der Waals surface area contributed by atoms with Gasteiger partial charge in [0.25, 0.3) is 0 Å². The van der Waals surface area contributed by atoms with E-state index in [1.807, 2.05) is 17.0 Å². The Kier molecular flexibility index (Phi) is 8.69. The quantitative estimate of drug-likeness (QED) is 0.553. The summed E-state index contributed by atoms with van der Waals surface area (Å²) in [5.74, 6) is 0.321. The third kappa shape index (κ3) is 7.42. The maximum atomic E-state index is 12.8. The predicted molar refractivity (Wildman–Crippen MR) is 124 cm³/mol. The molecule has 1 atom stereocenters. The molecule has 1 aliphatic heterocycles. The van der Waals surface area contributed by atoms with Gasteiger partial charge in [0.15, 0.2) is 0 Å². The highest BCUT2D eigenvalue weighted by molar-refractivity contribution is 5.91. The van der Waals surface area contributed by atoms with Crippen molar-refractivity contribution < 1.29 is 19.8 Å². The number of hydrogen-bond donors (Lipinski definition) is 4. The SMILES string of the molecule is O=C1C[C@@H](c2ccc(O)cc2)NCCCN(C(=O)/C=C\c2ccc(O)cc2)CCCCN1.